The first-order valence-electron chi connectivity index (χ1n) is 8.33. The summed E-state index contributed by atoms with van der Waals surface area (Å²) in [6.45, 7) is 0. The molecular formula is C20H17N3O3S. The van der Waals surface area contributed by atoms with Gasteiger partial charge in [-0.15, -0.1) is 0 Å². The third-order valence-corrected chi connectivity index (χ3v) is 4.24. The molecule has 0 radical (unpaired) electrons. The number of rotatable bonds is 6. The zero-order valence-corrected chi connectivity index (χ0v) is 15.2. The standard InChI is InChI=1S/C20H17N3O3S/c24-20(22-27(25)26)14-12-17-15-23(18-9-5-2-6-10-18)21-19(17)13-11-16-7-3-1-4-8-16/h1-10,12,14-15H,11,13H2. The number of amides is 1. The first-order chi connectivity index (χ1) is 13.1. The maximum atomic E-state index is 11.5. The molecule has 0 unspecified atom stereocenters. The summed E-state index contributed by atoms with van der Waals surface area (Å²) < 4.78 is 25.7. The van der Waals surface area contributed by atoms with Gasteiger partial charge in [0.05, 0.1) is 11.4 Å². The van der Waals surface area contributed by atoms with E-state index in [0.717, 1.165) is 29.4 Å². The molecule has 3 aromatic rings. The molecule has 3 rings (SSSR count). The Hall–Kier alpha value is -3.32. The van der Waals surface area contributed by atoms with Crippen molar-refractivity contribution < 1.29 is 13.2 Å². The average molecular weight is 379 g/mol. The van der Waals surface area contributed by atoms with Gasteiger partial charge in [0, 0.05) is 17.8 Å². The molecule has 0 saturated heterocycles. The molecule has 1 heterocycles. The molecule has 0 aliphatic rings. The second kappa shape index (κ2) is 8.86. The lowest BCUT2D eigenvalue weighted by molar-refractivity contribution is -0.113. The summed E-state index contributed by atoms with van der Waals surface area (Å²) in [4.78, 5) is 11.5. The molecule has 2 aromatic carbocycles. The summed E-state index contributed by atoms with van der Waals surface area (Å²) in [6.07, 6.45) is 5.98. The van der Waals surface area contributed by atoms with E-state index < -0.39 is 16.4 Å². The maximum Gasteiger partial charge on any atom is 0.319 e. The minimum absolute atomic E-state index is 0.683. The molecule has 0 aliphatic heterocycles. The molecule has 136 valence electrons. The first-order valence-corrected chi connectivity index (χ1v) is 9.36. The summed E-state index contributed by atoms with van der Waals surface area (Å²) in [5.74, 6) is -0.829. The molecule has 0 atom stereocenters. The Labute approximate surface area is 158 Å². The zero-order chi connectivity index (χ0) is 19.1. The normalized spacial score (nSPS) is 10.8. The van der Waals surface area contributed by atoms with E-state index in [1.807, 2.05) is 54.7 Å². The van der Waals surface area contributed by atoms with E-state index in [4.69, 9.17) is 0 Å². The van der Waals surface area contributed by atoms with E-state index in [0.29, 0.717) is 6.42 Å². The van der Waals surface area contributed by atoms with Crippen LogP contribution in [-0.2, 0) is 28.1 Å². The van der Waals surface area contributed by atoms with Crippen LogP contribution in [0.5, 0.6) is 0 Å². The van der Waals surface area contributed by atoms with Gasteiger partial charge < -0.3 is 0 Å². The Morgan fingerprint density at radius 2 is 1.67 bits per heavy atom. The highest BCUT2D eigenvalue weighted by Gasteiger charge is 2.09. The van der Waals surface area contributed by atoms with Gasteiger partial charge in [-0.1, -0.05) is 52.9 Å². The van der Waals surface area contributed by atoms with Gasteiger partial charge in [-0.2, -0.15) is 13.5 Å². The fourth-order valence-electron chi connectivity index (χ4n) is 2.64. The van der Waals surface area contributed by atoms with Crippen LogP contribution in [0.2, 0.25) is 0 Å². The highest BCUT2D eigenvalue weighted by atomic mass is 32.2. The highest BCUT2D eigenvalue weighted by Crippen LogP contribution is 2.16. The molecule has 0 fully saturated rings. The molecule has 0 N–H and O–H groups in total. The first kappa shape index (κ1) is 18.5. The average Bonchev–Trinajstić information content (AvgIpc) is 3.09. The van der Waals surface area contributed by atoms with Crippen molar-refractivity contribution in [1.82, 2.24) is 9.78 Å². The quantitative estimate of drug-likeness (QED) is 0.616. The molecule has 1 aromatic heterocycles. The van der Waals surface area contributed by atoms with Gasteiger partial charge in [0.15, 0.2) is 0 Å². The fraction of sp³-hybridized carbons (Fsp3) is 0.100. The smallest absolute Gasteiger partial charge is 0.266 e. The molecule has 0 aliphatic carbocycles. The van der Waals surface area contributed by atoms with E-state index in [2.05, 4.69) is 21.6 Å². The number of para-hydroxylation sites is 1. The Balaban J connectivity index is 1.89. The second-order valence-electron chi connectivity index (χ2n) is 5.78. The summed E-state index contributed by atoms with van der Waals surface area (Å²) in [5.41, 5.74) is 3.65. The molecule has 0 saturated carbocycles. The van der Waals surface area contributed by atoms with Gasteiger partial charge in [-0.3, -0.25) is 4.79 Å². The summed E-state index contributed by atoms with van der Waals surface area (Å²) in [5, 5.41) is 4.64. The van der Waals surface area contributed by atoms with Crippen LogP contribution in [-0.4, -0.2) is 24.1 Å². The molecule has 27 heavy (non-hydrogen) atoms. The van der Waals surface area contributed by atoms with Gasteiger partial charge in [-0.05, 0) is 36.6 Å². The van der Waals surface area contributed by atoms with Crippen molar-refractivity contribution >= 4 is 22.5 Å². The van der Waals surface area contributed by atoms with E-state index >= 15 is 0 Å². The van der Waals surface area contributed by atoms with Crippen LogP contribution in [0.25, 0.3) is 11.8 Å². The second-order valence-corrected chi connectivity index (χ2v) is 6.39. The lowest BCUT2D eigenvalue weighted by Crippen LogP contribution is -1.97. The molecule has 1 amide bonds. The maximum absolute atomic E-state index is 11.5. The minimum Gasteiger partial charge on any atom is -0.266 e. The molecule has 7 heteroatoms. The van der Waals surface area contributed by atoms with E-state index in [-0.39, 0.29) is 0 Å². The van der Waals surface area contributed by atoms with Crippen molar-refractivity contribution in [2.45, 2.75) is 12.8 Å². The lowest BCUT2D eigenvalue weighted by Gasteiger charge is -2.01. The van der Waals surface area contributed by atoms with Gasteiger partial charge in [-0.25, -0.2) is 4.68 Å². The Morgan fingerprint density at radius 3 is 2.33 bits per heavy atom. The molecule has 0 spiro atoms. The summed E-state index contributed by atoms with van der Waals surface area (Å²) in [6, 6.07) is 19.7. The van der Waals surface area contributed by atoms with Crippen LogP contribution in [0.1, 0.15) is 16.8 Å². The summed E-state index contributed by atoms with van der Waals surface area (Å²) >= 11 is 0. The predicted molar refractivity (Wildman–Crippen MR) is 103 cm³/mol. The number of hydrogen-bond donors (Lipinski definition) is 0. The number of aromatic nitrogens is 2. The van der Waals surface area contributed by atoms with Gasteiger partial charge in [0.1, 0.15) is 0 Å². The van der Waals surface area contributed by atoms with Crippen molar-refractivity contribution in [2.75, 3.05) is 0 Å². The van der Waals surface area contributed by atoms with Crippen molar-refractivity contribution in [3.8, 4) is 5.69 Å². The van der Waals surface area contributed by atoms with Crippen molar-refractivity contribution in [3.05, 3.63) is 89.8 Å². The van der Waals surface area contributed by atoms with Crippen molar-refractivity contribution in [3.63, 3.8) is 0 Å². The van der Waals surface area contributed by atoms with E-state index in [1.54, 1.807) is 10.8 Å². The summed E-state index contributed by atoms with van der Waals surface area (Å²) in [7, 11) is -2.76. The van der Waals surface area contributed by atoms with Crippen molar-refractivity contribution in [1.29, 1.82) is 0 Å². The topological polar surface area (TPSA) is 81.4 Å². The predicted octanol–water partition coefficient (Wildman–Crippen LogP) is 3.26. The van der Waals surface area contributed by atoms with Crippen LogP contribution in [0.4, 0.5) is 0 Å². The fourth-order valence-corrected chi connectivity index (χ4v) is 2.85. The Bertz CT molecular complexity index is 1080. The number of benzene rings is 2. The van der Waals surface area contributed by atoms with Crippen LogP contribution in [0.15, 0.2) is 77.3 Å². The molecule has 6 nitrogen and oxygen atoms in total. The third-order valence-electron chi connectivity index (χ3n) is 3.91. The van der Waals surface area contributed by atoms with E-state index in [9.17, 15) is 13.2 Å². The SMILES string of the molecule is O=C(C=Cc1cn(-c2ccccc2)nc1CCc1ccccc1)N=S(=O)=O. The molecule has 0 bridgehead atoms. The monoisotopic (exact) mass is 379 g/mol. The number of carbonyl (C=O) groups is 1. The minimum atomic E-state index is -2.76. The van der Waals surface area contributed by atoms with Gasteiger partial charge in [0.2, 0.25) is 0 Å². The largest absolute Gasteiger partial charge is 0.319 e. The van der Waals surface area contributed by atoms with Gasteiger partial charge >= 0.3 is 10.5 Å². The lowest BCUT2D eigenvalue weighted by atomic mass is 10.1. The number of aryl methyl sites for hydroxylation is 2. The number of carbonyl (C=O) groups excluding carboxylic acids is 1. The highest BCUT2D eigenvalue weighted by molar-refractivity contribution is 7.62. The van der Waals surface area contributed by atoms with Crippen LogP contribution in [0, 0.1) is 0 Å². The van der Waals surface area contributed by atoms with Crippen LogP contribution in [0.3, 0.4) is 0 Å². The van der Waals surface area contributed by atoms with Gasteiger partial charge in [0.25, 0.3) is 5.91 Å². The zero-order valence-electron chi connectivity index (χ0n) is 14.4. The van der Waals surface area contributed by atoms with E-state index in [1.165, 1.54) is 5.56 Å². The Morgan fingerprint density at radius 1 is 1.00 bits per heavy atom. The number of nitrogens with zero attached hydrogens (tertiary/aromatic N) is 3. The van der Waals surface area contributed by atoms with Crippen LogP contribution >= 0.6 is 0 Å². The van der Waals surface area contributed by atoms with Crippen molar-refractivity contribution in [2.24, 2.45) is 4.36 Å². The Kier molecular flexibility index (Phi) is 6.06. The number of hydrogen-bond acceptors (Lipinski definition) is 4. The molecular weight excluding hydrogens is 362 g/mol. The third kappa shape index (κ3) is 5.32. The van der Waals surface area contributed by atoms with Crippen LogP contribution < -0.4 is 0 Å².